The molecule has 0 atom stereocenters. The summed E-state index contributed by atoms with van der Waals surface area (Å²) < 4.78 is 15.0. The highest BCUT2D eigenvalue weighted by Crippen LogP contribution is 2.37. The number of halogens is 1. The van der Waals surface area contributed by atoms with Crippen LogP contribution in [0.15, 0.2) is 37.6 Å². The largest absolute Gasteiger partial charge is 0.493 e. The molecule has 22 heavy (non-hydrogen) atoms. The van der Waals surface area contributed by atoms with E-state index in [1.165, 1.54) is 0 Å². The van der Waals surface area contributed by atoms with Crippen LogP contribution in [0.3, 0.4) is 0 Å². The third-order valence-electron chi connectivity index (χ3n) is 3.27. The van der Waals surface area contributed by atoms with Gasteiger partial charge in [0.15, 0.2) is 21.4 Å². The molecule has 0 aliphatic rings. The van der Waals surface area contributed by atoms with Crippen LogP contribution in [0.5, 0.6) is 5.75 Å². The number of benzene rings is 1. The Morgan fingerprint density at radius 2 is 2.27 bits per heavy atom. The lowest BCUT2D eigenvalue weighted by molar-refractivity contribution is 0.411. The van der Waals surface area contributed by atoms with Crippen molar-refractivity contribution in [1.29, 1.82) is 0 Å². The number of nitrogens with zero attached hydrogens (tertiary/aromatic N) is 3. The molecule has 0 fully saturated rings. The van der Waals surface area contributed by atoms with Crippen molar-refractivity contribution in [3.63, 3.8) is 0 Å². The van der Waals surface area contributed by atoms with Crippen molar-refractivity contribution in [1.82, 2.24) is 14.6 Å². The highest BCUT2D eigenvalue weighted by atomic mass is 79.9. The number of thioether (sulfide) groups is 1. The lowest BCUT2D eigenvalue weighted by Gasteiger charge is -2.00. The molecule has 3 heterocycles. The molecule has 0 saturated carbocycles. The zero-order chi connectivity index (χ0) is 15.3. The van der Waals surface area contributed by atoms with E-state index in [0.717, 1.165) is 24.9 Å². The highest BCUT2D eigenvalue weighted by Gasteiger charge is 2.16. The average Bonchev–Trinajstić information content (AvgIpc) is 3.19. The molecule has 0 N–H and O–H groups in total. The van der Waals surface area contributed by atoms with Crippen LogP contribution in [-0.2, 0) is 0 Å². The minimum atomic E-state index is 0.698. The Kier molecular flexibility index (Phi) is 3.39. The number of methoxy groups -OCH3 is 1. The maximum absolute atomic E-state index is 5.95. The van der Waals surface area contributed by atoms with E-state index in [1.807, 2.05) is 30.7 Å². The zero-order valence-corrected chi connectivity index (χ0v) is 14.9. The second-order valence-corrected chi connectivity index (χ2v) is 7.39. The predicted molar refractivity (Wildman–Crippen MR) is 92.1 cm³/mol. The molecule has 0 aliphatic heterocycles. The number of rotatable bonds is 3. The minimum absolute atomic E-state index is 0.698. The first kappa shape index (κ1) is 14.1. The zero-order valence-electron chi connectivity index (χ0n) is 11.7. The number of ether oxygens (including phenoxy) is 1. The Labute approximate surface area is 142 Å². The molecule has 8 heteroatoms. The maximum atomic E-state index is 5.95. The van der Waals surface area contributed by atoms with Gasteiger partial charge in [-0.15, -0.1) is 5.10 Å². The highest BCUT2D eigenvalue weighted by molar-refractivity contribution is 9.10. The van der Waals surface area contributed by atoms with Crippen LogP contribution in [0, 0.1) is 0 Å². The summed E-state index contributed by atoms with van der Waals surface area (Å²) in [6.07, 6.45) is 3.88. The molecule has 4 aromatic rings. The van der Waals surface area contributed by atoms with Crippen LogP contribution in [-0.4, -0.2) is 28.0 Å². The molecule has 112 valence electrons. The average molecular weight is 396 g/mol. The van der Waals surface area contributed by atoms with Crippen LogP contribution >= 0.6 is 39.0 Å². The van der Waals surface area contributed by atoms with Crippen molar-refractivity contribution in [2.45, 2.75) is 4.34 Å². The van der Waals surface area contributed by atoms with Gasteiger partial charge >= 0.3 is 0 Å². The van der Waals surface area contributed by atoms with E-state index < -0.39 is 0 Å². The van der Waals surface area contributed by atoms with Gasteiger partial charge in [0.05, 0.1) is 13.3 Å². The van der Waals surface area contributed by atoms with Crippen LogP contribution < -0.4 is 4.74 Å². The second-order valence-electron chi connectivity index (χ2n) is 4.53. The summed E-state index contributed by atoms with van der Waals surface area (Å²) >= 11 is 6.71. The van der Waals surface area contributed by atoms with E-state index in [2.05, 4.69) is 26.0 Å². The third-order valence-corrected chi connectivity index (χ3v) is 5.86. The second kappa shape index (κ2) is 5.29. The quantitative estimate of drug-likeness (QED) is 0.470. The van der Waals surface area contributed by atoms with Crippen LogP contribution in [0.1, 0.15) is 0 Å². The number of fused-ring (bicyclic) bond motifs is 2. The van der Waals surface area contributed by atoms with Gasteiger partial charge in [0.25, 0.3) is 0 Å². The van der Waals surface area contributed by atoms with Crippen molar-refractivity contribution in [2.75, 3.05) is 13.4 Å². The summed E-state index contributed by atoms with van der Waals surface area (Å²) in [6, 6.07) is 5.78. The number of hydrogen-bond donors (Lipinski definition) is 0. The first-order chi connectivity index (χ1) is 10.7. The number of furan rings is 1. The Balaban J connectivity index is 1.88. The Morgan fingerprint density at radius 1 is 1.41 bits per heavy atom. The monoisotopic (exact) mass is 395 g/mol. The van der Waals surface area contributed by atoms with Gasteiger partial charge < -0.3 is 9.15 Å². The molecule has 4 rings (SSSR count). The van der Waals surface area contributed by atoms with Crippen molar-refractivity contribution in [3.8, 4) is 17.2 Å². The fraction of sp³-hybridized carbons (Fsp3) is 0.143. The lowest BCUT2D eigenvalue weighted by atomic mass is 10.2. The van der Waals surface area contributed by atoms with Crippen molar-refractivity contribution >= 4 is 55.0 Å². The van der Waals surface area contributed by atoms with E-state index in [0.29, 0.717) is 17.1 Å². The molecule has 0 spiro atoms. The van der Waals surface area contributed by atoms with Gasteiger partial charge in [0, 0.05) is 9.86 Å². The van der Waals surface area contributed by atoms with Gasteiger partial charge in [-0.3, -0.25) is 0 Å². The minimum Gasteiger partial charge on any atom is -0.493 e. The van der Waals surface area contributed by atoms with E-state index in [-0.39, 0.29) is 0 Å². The maximum Gasteiger partial charge on any atom is 0.213 e. The molecule has 1 aromatic carbocycles. The van der Waals surface area contributed by atoms with Crippen LogP contribution in [0.2, 0.25) is 0 Å². The normalized spacial score (nSPS) is 11.6. The third kappa shape index (κ3) is 2.13. The number of hydrogen-bond acceptors (Lipinski definition) is 6. The molecule has 3 aromatic heterocycles. The summed E-state index contributed by atoms with van der Waals surface area (Å²) in [5.41, 5.74) is 1.47. The molecule has 0 unspecified atom stereocenters. The fourth-order valence-corrected chi connectivity index (χ4v) is 4.01. The summed E-state index contributed by atoms with van der Waals surface area (Å²) in [6.45, 7) is 0. The molecule has 0 saturated heterocycles. The predicted octanol–water partition coefficient (Wildman–Crippen LogP) is 4.70. The Hall–Kier alpha value is -1.51. The first-order valence-corrected chi connectivity index (χ1v) is 9.19. The van der Waals surface area contributed by atoms with Gasteiger partial charge in [0.1, 0.15) is 5.69 Å². The fourth-order valence-electron chi connectivity index (χ4n) is 2.24. The Bertz CT molecular complexity index is 957. The molecular weight excluding hydrogens is 386 g/mol. The van der Waals surface area contributed by atoms with E-state index in [4.69, 9.17) is 9.15 Å². The number of imidazole rings is 1. The molecular formula is C14H10BrN3O2S2. The summed E-state index contributed by atoms with van der Waals surface area (Å²) in [4.78, 5) is 5.44. The van der Waals surface area contributed by atoms with Gasteiger partial charge in [0.2, 0.25) is 4.96 Å². The van der Waals surface area contributed by atoms with Crippen molar-refractivity contribution in [2.24, 2.45) is 0 Å². The van der Waals surface area contributed by atoms with Gasteiger partial charge in [-0.1, -0.05) is 39.0 Å². The van der Waals surface area contributed by atoms with Crippen LogP contribution in [0.25, 0.3) is 27.4 Å². The standard InChI is InChI=1S/C14H10BrN3O2S2/c1-19-10-4-3-8(15)7-5-11(20-12(7)10)9-6-18-13(16-9)22-14(17-18)21-2/h3-6H,1-2H3. The smallest absolute Gasteiger partial charge is 0.213 e. The molecule has 5 nitrogen and oxygen atoms in total. The molecule has 0 radical (unpaired) electrons. The van der Waals surface area contributed by atoms with E-state index >= 15 is 0 Å². The first-order valence-electron chi connectivity index (χ1n) is 6.36. The summed E-state index contributed by atoms with van der Waals surface area (Å²) in [5, 5.41) is 5.40. The lowest BCUT2D eigenvalue weighted by Crippen LogP contribution is -1.82. The van der Waals surface area contributed by atoms with E-state index in [1.54, 1.807) is 34.7 Å². The van der Waals surface area contributed by atoms with Crippen LogP contribution in [0.4, 0.5) is 0 Å². The summed E-state index contributed by atoms with van der Waals surface area (Å²) in [5.74, 6) is 1.40. The van der Waals surface area contributed by atoms with Gasteiger partial charge in [-0.2, -0.15) is 0 Å². The topological polar surface area (TPSA) is 52.6 Å². The molecule has 0 bridgehead atoms. The molecule has 0 aliphatic carbocycles. The Morgan fingerprint density at radius 3 is 3.00 bits per heavy atom. The SMILES string of the molecule is COc1ccc(Br)c2cc(-c3cn4nc(SC)sc4n3)oc12. The molecule has 0 amide bonds. The summed E-state index contributed by atoms with van der Waals surface area (Å²) in [7, 11) is 1.63. The van der Waals surface area contributed by atoms with E-state index in [9.17, 15) is 0 Å². The van der Waals surface area contributed by atoms with Crippen molar-refractivity contribution in [3.05, 3.63) is 28.9 Å². The van der Waals surface area contributed by atoms with Gasteiger partial charge in [-0.05, 0) is 24.5 Å². The van der Waals surface area contributed by atoms with Crippen molar-refractivity contribution < 1.29 is 9.15 Å². The number of aromatic nitrogens is 3. The van der Waals surface area contributed by atoms with Gasteiger partial charge in [-0.25, -0.2) is 9.50 Å².